The molecule has 3 N–H and O–H groups in total. The summed E-state index contributed by atoms with van der Waals surface area (Å²) < 4.78 is 0. The van der Waals surface area contributed by atoms with E-state index < -0.39 is 29.8 Å². The van der Waals surface area contributed by atoms with Crippen LogP contribution in [0.2, 0.25) is 0 Å². The Morgan fingerprint density at radius 2 is 1.66 bits per heavy atom. The molecular formula is C24H36N4O4. The molecule has 32 heavy (non-hydrogen) atoms. The summed E-state index contributed by atoms with van der Waals surface area (Å²) in [4.78, 5) is 49.4. The van der Waals surface area contributed by atoms with E-state index in [1.807, 2.05) is 36.4 Å². The average molecular weight is 445 g/mol. The summed E-state index contributed by atoms with van der Waals surface area (Å²) in [6, 6.07) is 7.83. The van der Waals surface area contributed by atoms with Gasteiger partial charge in [-0.15, -0.1) is 0 Å². The number of hydrogen-bond donors (Lipinski definition) is 3. The molecular weight excluding hydrogens is 408 g/mol. The Bertz CT molecular complexity index is 792. The molecule has 0 radical (unpaired) electrons. The SMILES string of the molecule is CNC(=O)C(C/C=C/c1ccccc1)N(NC(=O)C(CCCC(C)C)NC(C)=O)C(C)=O. The predicted octanol–water partition coefficient (Wildman–Crippen LogP) is 2.42. The van der Waals surface area contributed by atoms with Crippen molar-refractivity contribution in [2.75, 3.05) is 7.05 Å². The van der Waals surface area contributed by atoms with Crippen LogP contribution in [0.3, 0.4) is 0 Å². The number of benzene rings is 1. The Morgan fingerprint density at radius 1 is 1.00 bits per heavy atom. The van der Waals surface area contributed by atoms with Gasteiger partial charge in [-0.05, 0) is 24.3 Å². The first-order chi connectivity index (χ1) is 15.1. The summed E-state index contributed by atoms with van der Waals surface area (Å²) in [5.41, 5.74) is 3.52. The Morgan fingerprint density at radius 3 is 2.19 bits per heavy atom. The highest BCUT2D eigenvalue weighted by Gasteiger charge is 2.30. The molecule has 0 spiro atoms. The van der Waals surface area contributed by atoms with Crippen molar-refractivity contribution < 1.29 is 19.2 Å². The van der Waals surface area contributed by atoms with Gasteiger partial charge in [0.15, 0.2) is 0 Å². The molecule has 2 unspecified atom stereocenters. The highest BCUT2D eigenvalue weighted by Crippen LogP contribution is 2.11. The second-order valence-corrected chi connectivity index (χ2v) is 8.12. The molecule has 0 aliphatic rings. The van der Waals surface area contributed by atoms with Crippen molar-refractivity contribution in [3.05, 3.63) is 42.0 Å². The monoisotopic (exact) mass is 444 g/mol. The third kappa shape index (κ3) is 9.76. The predicted molar refractivity (Wildman–Crippen MR) is 125 cm³/mol. The van der Waals surface area contributed by atoms with Crippen LogP contribution in [0.4, 0.5) is 0 Å². The van der Waals surface area contributed by atoms with Crippen molar-refractivity contribution in [3.8, 4) is 0 Å². The van der Waals surface area contributed by atoms with Gasteiger partial charge >= 0.3 is 0 Å². The molecule has 8 nitrogen and oxygen atoms in total. The molecule has 4 amide bonds. The Balaban J connectivity index is 2.98. The zero-order chi connectivity index (χ0) is 24.1. The van der Waals surface area contributed by atoms with Crippen LogP contribution < -0.4 is 16.1 Å². The number of likely N-dealkylation sites (N-methyl/N-ethyl adjacent to an activating group) is 1. The lowest BCUT2D eigenvalue weighted by molar-refractivity contribution is -0.148. The van der Waals surface area contributed by atoms with Gasteiger partial charge in [0, 0.05) is 20.9 Å². The Labute approximate surface area is 190 Å². The van der Waals surface area contributed by atoms with E-state index in [4.69, 9.17) is 0 Å². The molecule has 8 heteroatoms. The fraction of sp³-hybridized carbons (Fsp3) is 0.500. The van der Waals surface area contributed by atoms with E-state index in [1.165, 1.54) is 20.9 Å². The number of amides is 4. The van der Waals surface area contributed by atoms with Crippen molar-refractivity contribution in [2.24, 2.45) is 5.92 Å². The fourth-order valence-corrected chi connectivity index (χ4v) is 3.21. The lowest BCUT2D eigenvalue weighted by atomic mass is 10.0. The first-order valence-electron chi connectivity index (χ1n) is 11.0. The van der Waals surface area contributed by atoms with Crippen molar-refractivity contribution >= 4 is 29.7 Å². The molecule has 0 saturated heterocycles. The van der Waals surface area contributed by atoms with Crippen molar-refractivity contribution in [1.82, 2.24) is 21.1 Å². The molecule has 0 aliphatic carbocycles. The standard InChI is InChI=1S/C24H36N4O4/c1-17(2)11-9-15-21(26-18(3)29)23(31)27-28(19(4)30)22(24(32)25-5)16-10-14-20-12-7-6-8-13-20/h6-8,10,12-14,17,21-22H,9,11,15-16H2,1-5H3,(H,25,32)(H,26,29)(H,27,31)/b14-10+. The minimum absolute atomic E-state index is 0.201. The molecule has 0 fully saturated rings. The molecule has 176 valence electrons. The molecule has 0 aliphatic heterocycles. The van der Waals surface area contributed by atoms with Gasteiger partial charge in [0.05, 0.1) is 0 Å². The summed E-state index contributed by atoms with van der Waals surface area (Å²) >= 11 is 0. The van der Waals surface area contributed by atoms with Gasteiger partial charge in [-0.3, -0.25) is 24.6 Å². The molecule has 0 saturated carbocycles. The number of hydrazine groups is 1. The molecule has 0 bridgehead atoms. The van der Waals surface area contributed by atoms with Gasteiger partial charge in [-0.1, -0.05) is 69.2 Å². The second-order valence-electron chi connectivity index (χ2n) is 8.12. The maximum atomic E-state index is 12.9. The fourth-order valence-electron chi connectivity index (χ4n) is 3.21. The van der Waals surface area contributed by atoms with Crippen LogP contribution in [0.1, 0.15) is 58.9 Å². The third-order valence-corrected chi connectivity index (χ3v) is 4.87. The maximum Gasteiger partial charge on any atom is 0.261 e. The smallest absolute Gasteiger partial charge is 0.261 e. The van der Waals surface area contributed by atoms with Gasteiger partial charge in [-0.2, -0.15) is 0 Å². The van der Waals surface area contributed by atoms with Gasteiger partial charge in [0.2, 0.25) is 17.7 Å². The number of nitrogens with one attached hydrogen (secondary N) is 3. The van der Waals surface area contributed by atoms with E-state index in [0.717, 1.165) is 23.4 Å². The zero-order valence-corrected chi connectivity index (χ0v) is 19.7. The van der Waals surface area contributed by atoms with E-state index in [0.29, 0.717) is 12.3 Å². The van der Waals surface area contributed by atoms with Crippen LogP contribution >= 0.6 is 0 Å². The minimum atomic E-state index is -0.935. The number of carbonyl (C=O) groups is 4. The topological polar surface area (TPSA) is 108 Å². The number of hydrogen-bond acceptors (Lipinski definition) is 4. The normalized spacial score (nSPS) is 12.8. The molecule has 1 aromatic carbocycles. The summed E-state index contributed by atoms with van der Waals surface area (Å²) in [6.07, 6.45) is 5.92. The first-order valence-corrected chi connectivity index (χ1v) is 11.0. The number of rotatable bonds is 11. The lowest BCUT2D eigenvalue weighted by Gasteiger charge is -2.31. The quantitative estimate of drug-likeness (QED) is 0.456. The Kier molecular flexibility index (Phi) is 11.8. The van der Waals surface area contributed by atoms with E-state index in [9.17, 15) is 19.2 Å². The zero-order valence-electron chi connectivity index (χ0n) is 19.7. The molecule has 0 aromatic heterocycles. The van der Waals surface area contributed by atoms with Crippen LogP contribution in [0.15, 0.2) is 36.4 Å². The molecule has 1 rings (SSSR count). The van der Waals surface area contributed by atoms with E-state index >= 15 is 0 Å². The summed E-state index contributed by atoms with van der Waals surface area (Å²) in [7, 11) is 1.47. The van der Waals surface area contributed by atoms with Crippen LogP contribution in [0.25, 0.3) is 6.08 Å². The molecule has 0 heterocycles. The van der Waals surface area contributed by atoms with Crippen LogP contribution in [0.5, 0.6) is 0 Å². The highest BCUT2D eigenvalue weighted by molar-refractivity contribution is 5.91. The second kappa shape index (κ2) is 14.0. The van der Waals surface area contributed by atoms with Crippen molar-refractivity contribution in [1.29, 1.82) is 0 Å². The first kappa shape index (κ1) is 26.9. The number of carbonyl (C=O) groups excluding carboxylic acids is 4. The van der Waals surface area contributed by atoms with E-state index in [-0.39, 0.29) is 12.3 Å². The lowest BCUT2D eigenvalue weighted by Crippen LogP contribution is -2.59. The minimum Gasteiger partial charge on any atom is -0.357 e. The van der Waals surface area contributed by atoms with Gasteiger partial charge in [0.25, 0.3) is 5.91 Å². The van der Waals surface area contributed by atoms with E-state index in [1.54, 1.807) is 6.08 Å². The van der Waals surface area contributed by atoms with Crippen LogP contribution in [0, 0.1) is 5.92 Å². The third-order valence-electron chi connectivity index (χ3n) is 4.87. The van der Waals surface area contributed by atoms with Gasteiger partial charge in [-0.25, -0.2) is 5.01 Å². The highest BCUT2D eigenvalue weighted by atomic mass is 16.2. The summed E-state index contributed by atoms with van der Waals surface area (Å²) in [6.45, 7) is 6.79. The van der Waals surface area contributed by atoms with Gasteiger partial charge < -0.3 is 10.6 Å². The Hall–Kier alpha value is -3.16. The molecule has 2 atom stereocenters. The average Bonchev–Trinajstić information content (AvgIpc) is 2.74. The van der Waals surface area contributed by atoms with Crippen molar-refractivity contribution in [3.63, 3.8) is 0 Å². The van der Waals surface area contributed by atoms with Crippen LogP contribution in [-0.2, 0) is 19.2 Å². The summed E-state index contributed by atoms with van der Waals surface area (Å²) in [5.74, 6) is -1.28. The van der Waals surface area contributed by atoms with E-state index in [2.05, 4.69) is 29.9 Å². The number of nitrogens with zero attached hydrogens (tertiary/aromatic N) is 1. The van der Waals surface area contributed by atoms with Gasteiger partial charge in [0.1, 0.15) is 12.1 Å². The largest absolute Gasteiger partial charge is 0.357 e. The molecule has 1 aromatic rings. The maximum absolute atomic E-state index is 12.9. The van der Waals surface area contributed by atoms with Crippen molar-refractivity contribution in [2.45, 2.75) is 65.5 Å². The summed E-state index contributed by atoms with van der Waals surface area (Å²) in [5, 5.41) is 6.22. The van der Waals surface area contributed by atoms with Crippen LogP contribution in [-0.4, -0.2) is 47.8 Å².